The highest BCUT2D eigenvalue weighted by atomic mass is 31.2. The largest absolute Gasteiger partial charge is 0.472 e. The maximum absolute atomic E-state index is 13.1. The number of rotatable bonds is 83. The molecule has 3 N–H and O–H groups in total. The van der Waals surface area contributed by atoms with Gasteiger partial charge >= 0.3 is 39.5 Å². The molecular weight excluding hydrogens is 1330 g/mol. The van der Waals surface area contributed by atoms with Crippen molar-refractivity contribution in [1.29, 1.82) is 0 Å². The molecule has 0 aliphatic carbocycles. The van der Waals surface area contributed by atoms with Crippen LogP contribution in [-0.4, -0.2) is 96.7 Å². The molecule has 2 unspecified atom stereocenters. The maximum atomic E-state index is 13.1. The lowest BCUT2D eigenvalue weighted by Gasteiger charge is -2.21. The highest BCUT2D eigenvalue weighted by Crippen LogP contribution is 2.45. The number of carbonyl (C=O) groups excluding carboxylic acids is 4. The second-order valence-corrected chi connectivity index (χ2v) is 33.3. The number of hydrogen-bond donors (Lipinski definition) is 3. The normalized spacial score (nSPS) is 13.8. The van der Waals surface area contributed by atoms with Gasteiger partial charge < -0.3 is 33.8 Å². The lowest BCUT2D eigenvalue weighted by Crippen LogP contribution is -2.30. The van der Waals surface area contributed by atoms with Crippen molar-refractivity contribution in [3.8, 4) is 0 Å². The van der Waals surface area contributed by atoms with Crippen LogP contribution in [0.1, 0.15) is 446 Å². The van der Waals surface area contributed by atoms with E-state index in [1.54, 1.807) is 0 Å². The molecule has 0 amide bonds. The number of unbranched alkanes of at least 4 members (excludes halogenated alkanes) is 55. The van der Waals surface area contributed by atoms with Crippen molar-refractivity contribution >= 4 is 39.5 Å². The molecule has 0 saturated heterocycles. The average molecular weight is 1490 g/mol. The smallest absolute Gasteiger partial charge is 0.462 e. The van der Waals surface area contributed by atoms with E-state index in [4.69, 9.17) is 37.0 Å². The summed E-state index contributed by atoms with van der Waals surface area (Å²) in [6.45, 7) is 7.33. The molecule has 19 heteroatoms. The molecule has 0 heterocycles. The lowest BCUT2D eigenvalue weighted by molar-refractivity contribution is -0.161. The van der Waals surface area contributed by atoms with E-state index in [-0.39, 0.29) is 25.7 Å². The van der Waals surface area contributed by atoms with Crippen LogP contribution in [0.25, 0.3) is 0 Å². The van der Waals surface area contributed by atoms with E-state index < -0.39 is 97.5 Å². The van der Waals surface area contributed by atoms with Gasteiger partial charge in [0.25, 0.3) is 0 Å². The molecule has 17 nitrogen and oxygen atoms in total. The standard InChI is InChI=1S/C83H162O17P2/c1-6-9-12-15-18-21-24-26-28-30-31-32-33-35-37-39-42-48-53-58-63-68-82(87)99-78(73-94-81(86)67-62-57-52-47-41-38-36-34-29-27-25-22-19-16-13-10-7-2)74-97-101(89,90)95-70-77(84)71-96-102(91,92)98-75-79(72-93-80(85)66-61-56-51-46-40-23-20-17-14-11-8-3)100-83(88)69-64-59-54-49-44-43-45-50-55-60-65-76(4)5/h76-79,84H,6-75H2,1-5H3,(H,89,90)(H,91,92)/t77-,78-,79-/m1/s1. The van der Waals surface area contributed by atoms with Gasteiger partial charge in [-0.05, 0) is 31.6 Å². The van der Waals surface area contributed by atoms with E-state index in [9.17, 15) is 43.2 Å². The van der Waals surface area contributed by atoms with Gasteiger partial charge in [0.2, 0.25) is 0 Å². The molecule has 0 fully saturated rings. The first-order valence-electron chi connectivity index (χ1n) is 43.1. The van der Waals surface area contributed by atoms with Crippen LogP contribution in [0.15, 0.2) is 0 Å². The van der Waals surface area contributed by atoms with Gasteiger partial charge in [0.1, 0.15) is 19.3 Å². The van der Waals surface area contributed by atoms with Gasteiger partial charge in [0.05, 0.1) is 26.4 Å². The molecule has 0 aromatic rings. The average Bonchev–Trinajstić information content (AvgIpc) is 1.07. The zero-order valence-electron chi connectivity index (χ0n) is 66.8. The number of aliphatic hydroxyl groups excluding tert-OH is 1. The Labute approximate surface area is 626 Å². The van der Waals surface area contributed by atoms with Crippen molar-refractivity contribution in [2.24, 2.45) is 5.92 Å². The molecule has 0 saturated carbocycles. The van der Waals surface area contributed by atoms with E-state index in [1.807, 2.05) is 0 Å². The van der Waals surface area contributed by atoms with Crippen LogP contribution in [0.3, 0.4) is 0 Å². The predicted octanol–water partition coefficient (Wildman–Crippen LogP) is 25.2. The third-order valence-corrected chi connectivity index (χ3v) is 21.4. The monoisotopic (exact) mass is 1490 g/mol. The summed E-state index contributed by atoms with van der Waals surface area (Å²) >= 11 is 0. The first-order chi connectivity index (χ1) is 49.5. The molecule has 5 atom stereocenters. The minimum atomic E-state index is -4.96. The summed E-state index contributed by atoms with van der Waals surface area (Å²) < 4.78 is 68.8. The third-order valence-electron chi connectivity index (χ3n) is 19.5. The molecule has 0 bridgehead atoms. The third kappa shape index (κ3) is 76.3. The Balaban J connectivity index is 5.22. The fraction of sp³-hybridized carbons (Fsp3) is 0.952. The number of phosphoric ester groups is 2. The van der Waals surface area contributed by atoms with Crippen LogP contribution in [0, 0.1) is 5.92 Å². The van der Waals surface area contributed by atoms with Crippen molar-refractivity contribution in [3.05, 3.63) is 0 Å². The molecule has 0 rings (SSSR count). The molecule has 102 heavy (non-hydrogen) atoms. The van der Waals surface area contributed by atoms with Crippen molar-refractivity contribution in [3.63, 3.8) is 0 Å². The van der Waals surface area contributed by atoms with Crippen LogP contribution in [0.4, 0.5) is 0 Å². The van der Waals surface area contributed by atoms with E-state index in [0.717, 1.165) is 95.8 Å². The molecule has 606 valence electrons. The molecule has 0 radical (unpaired) electrons. The highest BCUT2D eigenvalue weighted by Gasteiger charge is 2.30. The van der Waals surface area contributed by atoms with Crippen LogP contribution in [-0.2, 0) is 65.4 Å². The molecule has 0 aliphatic heterocycles. The van der Waals surface area contributed by atoms with Crippen molar-refractivity contribution in [1.82, 2.24) is 0 Å². The first kappa shape index (κ1) is 100. The van der Waals surface area contributed by atoms with Crippen molar-refractivity contribution in [2.45, 2.75) is 464 Å². The summed E-state index contributed by atoms with van der Waals surface area (Å²) in [4.78, 5) is 73.1. The van der Waals surface area contributed by atoms with Gasteiger partial charge in [-0.25, -0.2) is 9.13 Å². The van der Waals surface area contributed by atoms with Crippen molar-refractivity contribution < 1.29 is 80.2 Å². The van der Waals surface area contributed by atoms with Gasteiger partial charge in [-0.15, -0.1) is 0 Å². The number of aliphatic hydroxyl groups is 1. The van der Waals surface area contributed by atoms with E-state index in [0.29, 0.717) is 25.7 Å². The summed E-state index contributed by atoms with van der Waals surface area (Å²) in [5.41, 5.74) is 0. The fourth-order valence-corrected chi connectivity index (χ4v) is 14.5. The van der Waals surface area contributed by atoms with Crippen LogP contribution in [0.5, 0.6) is 0 Å². The van der Waals surface area contributed by atoms with Gasteiger partial charge in [-0.1, -0.05) is 394 Å². The van der Waals surface area contributed by atoms with Crippen LogP contribution in [0.2, 0.25) is 0 Å². The van der Waals surface area contributed by atoms with E-state index in [1.165, 1.54) is 270 Å². The molecule has 0 aliphatic rings. The number of esters is 4. The second kappa shape index (κ2) is 75.9. The highest BCUT2D eigenvalue weighted by molar-refractivity contribution is 7.47. The van der Waals surface area contributed by atoms with E-state index >= 15 is 0 Å². The lowest BCUT2D eigenvalue weighted by atomic mass is 10.0. The molecule has 0 spiro atoms. The van der Waals surface area contributed by atoms with Gasteiger partial charge in [-0.3, -0.25) is 37.3 Å². The SMILES string of the molecule is CCCCCCCCCCCCCCCCCCCCCCCC(=O)O[C@H](COC(=O)CCCCCCCCCCCCCCCCCCC)COP(=O)(O)OC[C@@H](O)COP(=O)(O)OC[C@@H](COC(=O)CCCCCCCCCCCCC)OC(=O)CCCCCCCCCCCCC(C)C. The second-order valence-electron chi connectivity index (χ2n) is 30.3. The zero-order chi connectivity index (χ0) is 74.8. The Kier molecular flexibility index (Phi) is 74.4. The van der Waals surface area contributed by atoms with Gasteiger partial charge in [0.15, 0.2) is 12.2 Å². The number of hydrogen-bond acceptors (Lipinski definition) is 15. The zero-order valence-corrected chi connectivity index (χ0v) is 68.5. The Bertz CT molecular complexity index is 1940. The Hall–Kier alpha value is -1.94. The minimum absolute atomic E-state index is 0.107. The summed E-state index contributed by atoms with van der Waals surface area (Å²) in [6, 6.07) is 0. The topological polar surface area (TPSA) is 237 Å². The first-order valence-corrected chi connectivity index (χ1v) is 46.1. The Morgan fingerprint density at radius 1 is 0.265 bits per heavy atom. The maximum Gasteiger partial charge on any atom is 0.472 e. The number of phosphoric acid groups is 2. The van der Waals surface area contributed by atoms with Crippen LogP contribution < -0.4 is 0 Å². The Morgan fingerprint density at radius 2 is 0.451 bits per heavy atom. The Morgan fingerprint density at radius 3 is 0.667 bits per heavy atom. The molecule has 0 aromatic heterocycles. The van der Waals surface area contributed by atoms with Crippen molar-refractivity contribution in [2.75, 3.05) is 39.6 Å². The summed E-state index contributed by atoms with van der Waals surface area (Å²) in [6.07, 6.45) is 68.0. The number of carbonyl (C=O) groups is 4. The summed E-state index contributed by atoms with van der Waals surface area (Å²) in [7, 11) is -9.92. The van der Waals surface area contributed by atoms with Gasteiger partial charge in [0, 0.05) is 25.7 Å². The van der Waals surface area contributed by atoms with E-state index in [2.05, 4.69) is 34.6 Å². The summed E-state index contributed by atoms with van der Waals surface area (Å²) in [5.74, 6) is -1.35. The fourth-order valence-electron chi connectivity index (χ4n) is 12.9. The predicted molar refractivity (Wildman–Crippen MR) is 418 cm³/mol. The number of ether oxygens (including phenoxy) is 4. The minimum Gasteiger partial charge on any atom is -0.462 e. The quantitative estimate of drug-likeness (QED) is 0.0222. The van der Waals surface area contributed by atoms with Gasteiger partial charge in [-0.2, -0.15) is 0 Å². The summed E-state index contributed by atoms with van der Waals surface area (Å²) in [5, 5.41) is 10.7. The molecular formula is C83H162O17P2. The van der Waals surface area contributed by atoms with Crippen LogP contribution >= 0.6 is 15.6 Å². The molecule has 0 aromatic carbocycles.